The van der Waals surface area contributed by atoms with Crippen LogP contribution < -0.4 is 5.32 Å². The number of pyridine rings is 1. The van der Waals surface area contributed by atoms with Crippen LogP contribution >= 0.6 is 11.8 Å². The van der Waals surface area contributed by atoms with Crippen LogP contribution in [-0.2, 0) is 14.4 Å². The molecule has 0 aliphatic rings. The minimum absolute atomic E-state index is 0.0283. The van der Waals surface area contributed by atoms with E-state index < -0.39 is 35.6 Å². The van der Waals surface area contributed by atoms with Crippen molar-refractivity contribution in [2.24, 2.45) is 5.92 Å². The van der Waals surface area contributed by atoms with Crippen LogP contribution in [0.25, 0.3) is 0 Å². The van der Waals surface area contributed by atoms with Gasteiger partial charge in [0.05, 0.1) is 6.42 Å². The molecule has 1 amide bonds. The smallest absolute Gasteiger partial charge is 0.327 e. The average molecular weight is 354 g/mol. The zero-order valence-electron chi connectivity index (χ0n) is 13.0. The predicted molar refractivity (Wildman–Crippen MR) is 86.9 cm³/mol. The normalized spacial score (nSPS) is 12.9. The summed E-state index contributed by atoms with van der Waals surface area (Å²) in [6.45, 7) is 1.21. The number of aliphatic carboxylic acids is 2. The Balaban J connectivity index is 2.69. The predicted octanol–water partition coefficient (Wildman–Crippen LogP) is 0.678. The fourth-order valence-electron chi connectivity index (χ4n) is 1.90. The van der Waals surface area contributed by atoms with E-state index in [0.717, 1.165) is 11.8 Å². The molecule has 1 aromatic rings. The van der Waals surface area contributed by atoms with Gasteiger partial charge in [0, 0.05) is 30.5 Å². The lowest BCUT2D eigenvalue weighted by Crippen LogP contribution is -2.41. The number of carbonyl (C=O) groups is 4. The largest absolute Gasteiger partial charge is 0.481 e. The highest BCUT2D eigenvalue weighted by Gasteiger charge is 2.25. The molecule has 0 aromatic carbocycles. The Kier molecular flexibility index (Phi) is 7.90. The second-order valence-electron chi connectivity index (χ2n) is 5.00. The molecular formula is C15H18N2O6S. The number of rotatable bonds is 10. The van der Waals surface area contributed by atoms with Crippen molar-refractivity contribution in [3.8, 4) is 0 Å². The van der Waals surface area contributed by atoms with Crippen LogP contribution in [0.2, 0.25) is 0 Å². The van der Waals surface area contributed by atoms with Gasteiger partial charge in [0.25, 0.3) is 0 Å². The molecule has 1 unspecified atom stereocenters. The van der Waals surface area contributed by atoms with Gasteiger partial charge in [-0.2, -0.15) is 11.8 Å². The van der Waals surface area contributed by atoms with E-state index in [1.165, 1.54) is 19.2 Å². The highest BCUT2D eigenvalue weighted by Crippen LogP contribution is 2.18. The molecule has 0 aliphatic carbocycles. The Morgan fingerprint density at radius 1 is 1.21 bits per heavy atom. The number of hydrogen-bond donors (Lipinski definition) is 3. The molecule has 0 bridgehead atoms. The average Bonchev–Trinajstić information content (AvgIpc) is 2.52. The van der Waals surface area contributed by atoms with E-state index >= 15 is 0 Å². The zero-order chi connectivity index (χ0) is 18.1. The molecule has 0 radical (unpaired) electrons. The number of hydrogen-bond acceptors (Lipinski definition) is 6. The van der Waals surface area contributed by atoms with Gasteiger partial charge in [0.2, 0.25) is 5.91 Å². The number of thioether (sulfide) groups is 1. The summed E-state index contributed by atoms with van der Waals surface area (Å²) in [4.78, 5) is 49.2. The van der Waals surface area contributed by atoms with E-state index in [9.17, 15) is 19.2 Å². The van der Waals surface area contributed by atoms with E-state index in [4.69, 9.17) is 10.2 Å². The minimum atomic E-state index is -1.19. The summed E-state index contributed by atoms with van der Waals surface area (Å²) in [6.07, 6.45) is 1.07. The van der Waals surface area contributed by atoms with E-state index in [-0.39, 0.29) is 23.6 Å². The van der Waals surface area contributed by atoms with Crippen LogP contribution in [-0.4, -0.2) is 56.4 Å². The number of carboxylic acid groups (broad SMARTS) is 2. The molecule has 1 heterocycles. The Morgan fingerprint density at radius 2 is 1.92 bits per heavy atom. The van der Waals surface area contributed by atoms with E-state index in [1.807, 2.05) is 0 Å². The Bertz CT molecular complexity index is 607. The fraction of sp³-hybridized carbons (Fsp3) is 0.400. The van der Waals surface area contributed by atoms with Gasteiger partial charge in [-0.1, -0.05) is 6.07 Å². The summed E-state index contributed by atoms with van der Waals surface area (Å²) in [5.74, 6) is -3.88. The molecule has 8 nitrogen and oxygen atoms in total. The highest BCUT2D eigenvalue weighted by molar-refractivity contribution is 7.99. The van der Waals surface area contributed by atoms with Gasteiger partial charge < -0.3 is 15.5 Å². The summed E-state index contributed by atoms with van der Waals surface area (Å²) in [6, 6.07) is 3.67. The van der Waals surface area contributed by atoms with Crippen molar-refractivity contribution in [2.75, 3.05) is 11.5 Å². The van der Waals surface area contributed by atoms with Gasteiger partial charge in [0.15, 0.2) is 5.78 Å². The lowest BCUT2D eigenvalue weighted by atomic mass is 9.99. The van der Waals surface area contributed by atoms with Gasteiger partial charge in [-0.15, -0.1) is 0 Å². The molecule has 0 saturated heterocycles. The number of Topliss-reactive ketones (excluding diaryl/α,β-unsaturated/α-hetero) is 1. The highest BCUT2D eigenvalue weighted by atomic mass is 32.2. The third-order valence-corrected chi connectivity index (χ3v) is 4.20. The number of nitrogens with zero attached hydrogens (tertiary/aromatic N) is 1. The van der Waals surface area contributed by atoms with Crippen molar-refractivity contribution in [3.05, 3.63) is 30.1 Å². The van der Waals surface area contributed by atoms with Crippen LogP contribution in [0.1, 0.15) is 23.8 Å². The maximum Gasteiger partial charge on any atom is 0.327 e. The van der Waals surface area contributed by atoms with Crippen LogP contribution in [0.15, 0.2) is 24.4 Å². The topological polar surface area (TPSA) is 134 Å². The summed E-state index contributed by atoms with van der Waals surface area (Å²) < 4.78 is 0. The third-order valence-electron chi connectivity index (χ3n) is 2.99. The van der Waals surface area contributed by atoms with Gasteiger partial charge in [-0.3, -0.25) is 19.4 Å². The maximum absolute atomic E-state index is 12.3. The van der Waals surface area contributed by atoms with Crippen molar-refractivity contribution >= 4 is 35.4 Å². The third kappa shape index (κ3) is 6.78. The van der Waals surface area contributed by atoms with Gasteiger partial charge in [0.1, 0.15) is 11.7 Å². The molecule has 0 spiro atoms. The lowest BCUT2D eigenvalue weighted by molar-refractivity contribution is -0.140. The molecule has 3 N–H and O–H groups in total. The number of ketones is 1. The van der Waals surface area contributed by atoms with Crippen LogP contribution in [0.5, 0.6) is 0 Å². The summed E-state index contributed by atoms with van der Waals surface area (Å²) >= 11 is 1.10. The Hall–Kier alpha value is -2.42. The van der Waals surface area contributed by atoms with Gasteiger partial charge in [-0.05, 0) is 12.1 Å². The quantitative estimate of drug-likeness (QED) is 0.522. The number of nitrogens with one attached hydrogen (secondary N) is 1. The Labute approximate surface area is 142 Å². The van der Waals surface area contributed by atoms with E-state index in [1.54, 1.807) is 12.1 Å². The molecule has 0 fully saturated rings. The number of aromatic nitrogens is 1. The first-order chi connectivity index (χ1) is 11.3. The molecule has 130 valence electrons. The molecule has 9 heteroatoms. The van der Waals surface area contributed by atoms with Crippen molar-refractivity contribution in [2.45, 2.75) is 19.4 Å². The fourth-order valence-corrected chi connectivity index (χ4v) is 3.06. The van der Waals surface area contributed by atoms with Gasteiger partial charge in [-0.25, -0.2) is 4.79 Å². The number of amides is 1. The monoisotopic (exact) mass is 354 g/mol. The lowest BCUT2D eigenvalue weighted by Gasteiger charge is -2.16. The first kappa shape index (κ1) is 19.6. The van der Waals surface area contributed by atoms with Gasteiger partial charge >= 0.3 is 11.9 Å². The van der Waals surface area contributed by atoms with E-state index in [2.05, 4.69) is 10.3 Å². The number of carboxylic acids is 2. The summed E-state index contributed by atoms with van der Waals surface area (Å²) in [5, 5.41) is 20.3. The first-order valence-electron chi connectivity index (χ1n) is 7.06. The SMILES string of the molecule is CC(=O)N[C@@H](CSCC(CC(=O)O)C(=O)c1ccccn1)C(=O)O. The summed E-state index contributed by atoms with van der Waals surface area (Å²) in [7, 11) is 0. The minimum Gasteiger partial charge on any atom is -0.481 e. The first-order valence-corrected chi connectivity index (χ1v) is 8.21. The molecule has 2 atom stereocenters. The molecule has 0 aliphatic heterocycles. The Morgan fingerprint density at radius 3 is 2.42 bits per heavy atom. The molecule has 0 saturated carbocycles. The van der Waals surface area contributed by atoms with Crippen LogP contribution in [0.4, 0.5) is 0 Å². The second-order valence-corrected chi connectivity index (χ2v) is 6.08. The molecule has 24 heavy (non-hydrogen) atoms. The van der Waals surface area contributed by atoms with Crippen LogP contribution in [0, 0.1) is 5.92 Å². The zero-order valence-corrected chi connectivity index (χ0v) is 13.8. The molecule has 1 aromatic heterocycles. The second kappa shape index (κ2) is 9.66. The molecular weight excluding hydrogens is 336 g/mol. The maximum atomic E-state index is 12.3. The van der Waals surface area contributed by atoms with Crippen molar-refractivity contribution in [1.29, 1.82) is 0 Å². The van der Waals surface area contributed by atoms with Crippen molar-refractivity contribution < 1.29 is 29.4 Å². The van der Waals surface area contributed by atoms with Crippen molar-refractivity contribution in [3.63, 3.8) is 0 Å². The summed E-state index contributed by atoms with van der Waals surface area (Å²) in [5.41, 5.74) is 0.168. The van der Waals surface area contributed by atoms with Crippen LogP contribution in [0.3, 0.4) is 0 Å². The number of carbonyl (C=O) groups excluding carboxylic acids is 2. The molecule has 1 rings (SSSR count). The van der Waals surface area contributed by atoms with E-state index in [0.29, 0.717) is 0 Å². The van der Waals surface area contributed by atoms with Crippen molar-refractivity contribution in [1.82, 2.24) is 10.3 Å². The standard InChI is InChI=1S/C15H18N2O6S/c1-9(18)17-12(15(22)23)8-24-7-10(6-13(19)20)14(21)11-4-2-3-5-16-11/h2-5,10,12H,6-8H2,1H3,(H,17,18)(H,19,20)(H,22,23)/t10?,12-/m0/s1.